The predicted molar refractivity (Wildman–Crippen MR) is 89.1 cm³/mol. The molecule has 3 N–H and O–H groups in total. The summed E-state index contributed by atoms with van der Waals surface area (Å²) < 4.78 is 5.50. The number of rotatable bonds is 5. The molecule has 2 fully saturated rings. The van der Waals surface area contributed by atoms with Crippen LogP contribution in [0.4, 0.5) is 11.8 Å². The van der Waals surface area contributed by atoms with Crippen LogP contribution in [-0.4, -0.2) is 57.4 Å². The van der Waals surface area contributed by atoms with Gasteiger partial charge in [-0.15, -0.1) is 0 Å². The van der Waals surface area contributed by atoms with Crippen LogP contribution in [0.1, 0.15) is 29.4 Å². The van der Waals surface area contributed by atoms with Crippen LogP contribution in [0.15, 0.2) is 12.4 Å². The van der Waals surface area contributed by atoms with Gasteiger partial charge in [-0.2, -0.15) is 4.98 Å². The number of nitrogens with one attached hydrogen (secondary N) is 2. The summed E-state index contributed by atoms with van der Waals surface area (Å²) in [5.41, 5.74) is 3.02. The topological polar surface area (TPSA) is 99.2 Å². The van der Waals surface area contributed by atoms with Crippen LogP contribution in [0.3, 0.4) is 0 Å². The van der Waals surface area contributed by atoms with E-state index in [1.807, 2.05) is 17.9 Å². The molecule has 1 atom stereocenters. The van der Waals surface area contributed by atoms with Crippen molar-refractivity contribution in [1.82, 2.24) is 19.9 Å². The molecule has 0 aliphatic carbocycles. The van der Waals surface area contributed by atoms with Gasteiger partial charge in [-0.1, -0.05) is 0 Å². The summed E-state index contributed by atoms with van der Waals surface area (Å²) in [4.78, 5) is 18.7. The Hall–Kier alpha value is -2.19. The molecule has 24 heavy (non-hydrogen) atoms. The van der Waals surface area contributed by atoms with Crippen LogP contribution >= 0.6 is 0 Å². The number of ether oxygens (including phenoxy) is 1. The number of nitrogens with zero attached hydrogens (tertiary/aromatic N) is 4. The lowest BCUT2D eigenvalue weighted by atomic mass is 10.0. The van der Waals surface area contributed by atoms with Gasteiger partial charge in [-0.25, -0.2) is 9.97 Å². The molecular formula is C16H22N6O2. The fourth-order valence-corrected chi connectivity index (χ4v) is 3.02. The highest BCUT2D eigenvalue weighted by Gasteiger charge is 2.28. The molecule has 2 aliphatic rings. The quantitative estimate of drug-likeness (QED) is 0.746. The SMILES string of the molecule is Cc1[nH]cnc1CNc1cc([C@H]2CCOC2)nc(N2CC(O)C2)n1. The van der Waals surface area contributed by atoms with Crippen LogP contribution in [-0.2, 0) is 11.3 Å². The zero-order valence-electron chi connectivity index (χ0n) is 13.7. The smallest absolute Gasteiger partial charge is 0.227 e. The molecule has 2 aromatic rings. The number of aromatic nitrogens is 4. The van der Waals surface area contributed by atoms with E-state index in [0.29, 0.717) is 38.1 Å². The highest BCUT2D eigenvalue weighted by molar-refractivity contribution is 5.46. The first kappa shape index (κ1) is 15.3. The Morgan fingerprint density at radius 2 is 2.29 bits per heavy atom. The van der Waals surface area contributed by atoms with Crippen LogP contribution in [0, 0.1) is 6.92 Å². The van der Waals surface area contributed by atoms with Crippen molar-refractivity contribution in [2.75, 3.05) is 36.5 Å². The maximum Gasteiger partial charge on any atom is 0.227 e. The van der Waals surface area contributed by atoms with Crippen LogP contribution in [0.25, 0.3) is 0 Å². The molecule has 0 radical (unpaired) electrons. The molecule has 2 aliphatic heterocycles. The van der Waals surface area contributed by atoms with Crippen molar-refractivity contribution in [1.29, 1.82) is 0 Å². The third-order valence-corrected chi connectivity index (χ3v) is 4.60. The number of β-amino-alcohol motifs (C(OH)–C–C–N with tert-alkyl or cyclic N) is 1. The van der Waals surface area contributed by atoms with E-state index in [4.69, 9.17) is 9.72 Å². The monoisotopic (exact) mass is 330 g/mol. The Bertz CT molecular complexity index is 706. The number of aromatic amines is 1. The second kappa shape index (κ2) is 6.37. The van der Waals surface area contributed by atoms with E-state index in [0.717, 1.165) is 35.9 Å². The van der Waals surface area contributed by atoms with E-state index in [2.05, 4.69) is 20.3 Å². The van der Waals surface area contributed by atoms with Crippen LogP contribution in [0.5, 0.6) is 0 Å². The summed E-state index contributed by atoms with van der Waals surface area (Å²) in [5, 5.41) is 12.9. The van der Waals surface area contributed by atoms with Crippen molar-refractivity contribution in [3.63, 3.8) is 0 Å². The molecule has 2 aromatic heterocycles. The van der Waals surface area contributed by atoms with E-state index in [-0.39, 0.29) is 6.10 Å². The van der Waals surface area contributed by atoms with Gasteiger partial charge in [0.1, 0.15) is 5.82 Å². The zero-order chi connectivity index (χ0) is 16.5. The van der Waals surface area contributed by atoms with Gasteiger partial charge < -0.3 is 25.0 Å². The largest absolute Gasteiger partial charge is 0.389 e. The molecule has 0 saturated carbocycles. The van der Waals surface area contributed by atoms with Gasteiger partial charge in [0.15, 0.2) is 0 Å². The highest BCUT2D eigenvalue weighted by atomic mass is 16.5. The Morgan fingerprint density at radius 1 is 1.42 bits per heavy atom. The number of anilines is 2. The van der Waals surface area contributed by atoms with Gasteiger partial charge in [0.25, 0.3) is 0 Å². The second-order valence-electron chi connectivity index (χ2n) is 6.43. The Kier molecular flexibility index (Phi) is 4.07. The third-order valence-electron chi connectivity index (χ3n) is 4.60. The number of aliphatic hydroxyl groups excluding tert-OH is 1. The molecule has 0 bridgehead atoms. The number of aliphatic hydroxyl groups is 1. The average molecular weight is 330 g/mol. The minimum Gasteiger partial charge on any atom is -0.389 e. The summed E-state index contributed by atoms with van der Waals surface area (Å²) in [6.07, 6.45) is 2.40. The molecule has 4 heterocycles. The van der Waals surface area contributed by atoms with E-state index in [1.165, 1.54) is 0 Å². The molecule has 8 heteroatoms. The second-order valence-corrected chi connectivity index (χ2v) is 6.43. The summed E-state index contributed by atoms with van der Waals surface area (Å²) in [7, 11) is 0. The summed E-state index contributed by atoms with van der Waals surface area (Å²) in [5.74, 6) is 1.77. The fourth-order valence-electron chi connectivity index (χ4n) is 3.02. The van der Waals surface area contributed by atoms with Crippen molar-refractivity contribution in [3.05, 3.63) is 29.5 Å². The highest BCUT2D eigenvalue weighted by Crippen LogP contribution is 2.28. The summed E-state index contributed by atoms with van der Waals surface area (Å²) >= 11 is 0. The average Bonchev–Trinajstić information content (AvgIpc) is 3.21. The minimum atomic E-state index is -0.282. The molecule has 128 valence electrons. The van der Waals surface area contributed by atoms with Gasteiger partial charge in [-0.05, 0) is 13.3 Å². The zero-order valence-corrected chi connectivity index (χ0v) is 13.7. The van der Waals surface area contributed by atoms with E-state index < -0.39 is 0 Å². The Labute approximate surface area is 140 Å². The number of hydrogen-bond acceptors (Lipinski definition) is 7. The molecule has 4 rings (SSSR count). The first-order chi connectivity index (χ1) is 11.7. The van der Waals surface area contributed by atoms with Crippen molar-refractivity contribution in [2.45, 2.75) is 31.9 Å². The molecule has 0 unspecified atom stereocenters. The van der Waals surface area contributed by atoms with E-state index in [9.17, 15) is 5.11 Å². The Balaban J connectivity index is 1.56. The Morgan fingerprint density at radius 3 is 2.96 bits per heavy atom. The van der Waals surface area contributed by atoms with Crippen molar-refractivity contribution in [2.24, 2.45) is 0 Å². The van der Waals surface area contributed by atoms with Crippen molar-refractivity contribution >= 4 is 11.8 Å². The van der Waals surface area contributed by atoms with E-state index in [1.54, 1.807) is 6.33 Å². The van der Waals surface area contributed by atoms with Gasteiger partial charge in [0.05, 0.1) is 37.0 Å². The molecule has 8 nitrogen and oxygen atoms in total. The lowest BCUT2D eigenvalue weighted by Crippen LogP contribution is -2.51. The lowest BCUT2D eigenvalue weighted by molar-refractivity contribution is 0.140. The molecule has 0 aromatic carbocycles. The fraction of sp³-hybridized carbons (Fsp3) is 0.562. The van der Waals surface area contributed by atoms with Gasteiger partial charge in [0, 0.05) is 37.4 Å². The molecule has 0 spiro atoms. The summed E-state index contributed by atoms with van der Waals surface area (Å²) in [6.45, 7) is 5.26. The van der Waals surface area contributed by atoms with Crippen molar-refractivity contribution in [3.8, 4) is 0 Å². The number of aryl methyl sites for hydroxylation is 1. The standard InChI is InChI=1S/C16H22N6O2/c1-10-14(19-9-18-10)5-17-15-4-13(11-2-3-24-8-11)20-16(21-15)22-6-12(23)7-22/h4,9,11-12,23H,2-3,5-8H2,1H3,(H,18,19)(H,17,20,21)/t11-/m0/s1. The minimum absolute atomic E-state index is 0.282. The normalized spacial score (nSPS) is 21.1. The van der Waals surface area contributed by atoms with E-state index >= 15 is 0 Å². The van der Waals surface area contributed by atoms with Gasteiger partial charge >= 0.3 is 0 Å². The maximum atomic E-state index is 9.54. The van der Waals surface area contributed by atoms with Crippen LogP contribution in [0.2, 0.25) is 0 Å². The summed E-state index contributed by atoms with van der Waals surface area (Å²) in [6, 6.07) is 2.00. The number of hydrogen-bond donors (Lipinski definition) is 3. The molecule has 0 amide bonds. The van der Waals surface area contributed by atoms with Crippen LogP contribution < -0.4 is 10.2 Å². The lowest BCUT2D eigenvalue weighted by Gasteiger charge is -2.36. The molecular weight excluding hydrogens is 308 g/mol. The third kappa shape index (κ3) is 3.07. The van der Waals surface area contributed by atoms with Gasteiger partial charge in [-0.3, -0.25) is 0 Å². The van der Waals surface area contributed by atoms with Crippen molar-refractivity contribution < 1.29 is 9.84 Å². The number of imidazole rings is 1. The predicted octanol–water partition coefficient (Wildman–Crippen LogP) is 0.805. The molecule has 2 saturated heterocycles. The van der Waals surface area contributed by atoms with Gasteiger partial charge in [0.2, 0.25) is 5.95 Å². The maximum absolute atomic E-state index is 9.54. The number of H-pyrrole nitrogens is 1. The first-order valence-corrected chi connectivity index (χ1v) is 8.31. The first-order valence-electron chi connectivity index (χ1n) is 8.31.